The van der Waals surface area contributed by atoms with Crippen molar-refractivity contribution < 1.29 is 14.1 Å². The molecular formula is C32H44ClN2O2S+. The van der Waals surface area contributed by atoms with E-state index in [9.17, 15) is 4.79 Å². The summed E-state index contributed by atoms with van der Waals surface area (Å²) in [5, 5.41) is 5.64. The first-order valence-electron chi connectivity index (χ1n) is 14.3. The minimum Gasteiger partial charge on any atom is -0.490 e. The molecule has 1 amide bonds. The lowest BCUT2D eigenvalue weighted by molar-refractivity contribution is -0.689. The highest BCUT2D eigenvalue weighted by atomic mass is 35.5. The number of thiazole rings is 1. The van der Waals surface area contributed by atoms with Crippen molar-refractivity contribution in [1.29, 1.82) is 0 Å². The Balaban J connectivity index is 1.41. The number of aryl methyl sites for hydroxylation is 1. The zero-order valence-corrected chi connectivity index (χ0v) is 24.7. The summed E-state index contributed by atoms with van der Waals surface area (Å²) < 4.78 is 8.24. The van der Waals surface area contributed by atoms with Crippen LogP contribution in [0.15, 0.2) is 53.4 Å². The van der Waals surface area contributed by atoms with E-state index in [-0.39, 0.29) is 5.91 Å². The Morgan fingerprint density at radius 1 is 0.921 bits per heavy atom. The molecule has 38 heavy (non-hydrogen) atoms. The van der Waals surface area contributed by atoms with E-state index in [1.807, 2.05) is 36.4 Å². The largest absolute Gasteiger partial charge is 0.490 e. The Labute approximate surface area is 238 Å². The van der Waals surface area contributed by atoms with Gasteiger partial charge in [0.05, 0.1) is 22.7 Å². The maximum Gasteiger partial charge on any atom is 0.255 e. The van der Waals surface area contributed by atoms with Crippen LogP contribution in [-0.2, 0) is 6.54 Å². The first-order valence-corrected chi connectivity index (χ1v) is 15.6. The average Bonchev–Trinajstić information content (AvgIpc) is 3.32. The van der Waals surface area contributed by atoms with Crippen LogP contribution in [0.1, 0.15) is 106 Å². The maximum atomic E-state index is 13.1. The number of hydrogen-bond acceptors (Lipinski definition) is 3. The summed E-state index contributed by atoms with van der Waals surface area (Å²) in [5.41, 5.74) is 5.60. The van der Waals surface area contributed by atoms with Crippen molar-refractivity contribution >= 4 is 34.5 Å². The fourth-order valence-electron chi connectivity index (χ4n) is 4.59. The van der Waals surface area contributed by atoms with Gasteiger partial charge in [0.2, 0.25) is 5.51 Å². The second-order valence-corrected chi connectivity index (χ2v) is 11.3. The second kappa shape index (κ2) is 17.3. The Bertz CT molecular complexity index is 1110. The number of benzene rings is 2. The van der Waals surface area contributed by atoms with E-state index in [4.69, 9.17) is 16.3 Å². The fraction of sp³-hybridized carbons (Fsp3) is 0.500. The third-order valence-electron chi connectivity index (χ3n) is 6.88. The molecule has 0 aliphatic carbocycles. The normalized spacial score (nSPS) is 11.0. The van der Waals surface area contributed by atoms with Crippen molar-refractivity contribution in [2.75, 3.05) is 11.9 Å². The molecule has 3 rings (SSSR count). The number of carbonyl (C=O) groups excluding carboxylic acids is 1. The number of halogens is 1. The molecule has 1 N–H and O–H groups in total. The van der Waals surface area contributed by atoms with E-state index in [0.717, 1.165) is 24.9 Å². The molecule has 0 fully saturated rings. The van der Waals surface area contributed by atoms with Crippen LogP contribution >= 0.6 is 22.9 Å². The molecule has 0 bridgehead atoms. The van der Waals surface area contributed by atoms with Crippen LogP contribution in [0.2, 0.25) is 5.02 Å². The molecule has 0 radical (unpaired) electrons. The van der Waals surface area contributed by atoms with Gasteiger partial charge in [0.1, 0.15) is 0 Å². The van der Waals surface area contributed by atoms with Crippen LogP contribution in [0.25, 0.3) is 0 Å². The quantitative estimate of drug-likeness (QED) is 0.125. The van der Waals surface area contributed by atoms with E-state index < -0.39 is 0 Å². The summed E-state index contributed by atoms with van der Waals surface area (Å²) in [5.74, 6) is 0.377. The summed E-state index contributed by atoms with van der Waals surface area (Å²) in [4.78, 5) is 13.1. The van der Waals surface area contributed by atoms with Gasteiger partial charge in [-0.1, -0.05) is 119 Å². The minimum absolute atomic E-state index is 0.170. The standard InChI is InChI=1S/C32H43ClN2O2S/c1-3-4-5-6-7-8-9-10-11-12-13-14-21-37-31-29(33)19-16-20-30(31)34-32(36)28-18-15-17-27(22-28)23-35-25-38-24-26(35)2/h15-20,22,24-25H,3-14,21,23H2,1-2H3/p+1. The number of anilines is 1. The van der Waals surface area contributed by atoms with Gasteiger partial charge in [-0.25, -0.2) is 0 Å². The van der Waals surface area contributed by atoms with Gasteiger partial charge < -0.3 is 10.1 Å². The smallest absolute Gasteiger partial charge is 0.255 e. The number of para-hydroxylation sites is 1. The van der Waals surface area contributed by atoms with E-state index in [1.165, 1.54) is 69.9 Å². The number of nitrogens with one attached hydrogen (secondary N) is 1. The third-order valence-corrected chi connectivity index (χ3v) is 8.03. The second-order valence-electron chi connectivity index (χ2n) is 10.1. The Kier molecular flexibility index (Phi) is 13.7. The van der Waals surface area contributed by atoms with Crippen LogP contribution in [0.4, 0.5) is 5.69 Å². The van der Waals surface area contributed by atoms with Crippen molar-refractivity contribution in [2.24, 2.45) is 0 Å². The lowest BCUT2D eigenvalue weighted by atomic mass is 10.1. The molecular weight excluding hydrogens is 512 g/mol. The molecule has 206 valence electrons. The highest BCUT2D eigenvalue weighted by molar-refractivity contribution is 7.07. The fourth-order valence-corrected chi connectivity index (χ4v) is 5.60. The molecule has 4 nitrogen and oxygen atoms in total. The average molecular weight is 556 g/mol. The van der Waals surface area contributed by atoms with E-state index >= 15 is 0 Å². The van der Waals surface area contributed by atoms with Crippen LogP contribution in [0, 0.1) is 6.92 Å². The monoisotopic (exact) mass is 555 g/mol. The van der Waals surface area contributed by atoms with Crippen LogP contribution in [0.5, 0.6) is 5.75 Å². The van der Waals surface area contributed by atoms with Crippen molar-refractivity contribution in [3.63, 3.8) is 0 Å². The van der Waals surface area contributed by atoms with Gasteiger partial charge in [-0.3, -0.25) is 4.79 Å². The van der Waals surface area contributed by atoms with Gasteiger partial charge in [0.25, 0.3) is 5.91 Å². The van der Waals surface area contributed by atoms with E-state index in [2.05, 4.69) is 34.6 Å². The summed E-state index contributed by atoms with van der Waals surface area (Å²) in [6.45, 7) is 5.69. The van der Waals surface area contributed by atoms with E-state index in [0.29, 0.717) is 28.6 Å². The van der Waals surface area contributed by atoms with Gasteiger partial charge in [-0.05, 0) is 30.7 Å². The molecule has 0 saturated carbocycles. The number of aromatic nitrogens is 1. The number of hydrogen-bond donors (Lipinski definition) is 1. The Morgan fingerprint density at radius 2 is 1.58 bits per heavy atom. The molecule has 1 aromatic heterocycles. The number of ether oxygens (including phenoxy) is 1. The molecule has 0 saturated heterocycles. The molecule has 0 unspecified atom stereocenters. The summed E-state index contributed by atoms with van der Waals surface area (Å²) in [6, 6.07) is 13.2. The molecule has 0 atom stereocenters. The zero-order chi connectivity index (χ0) is 27.0. The maximum absolute atomic E-state index is 13.1. The number of unbranched alkanes of at least 4 members (excludes halogenated alkanes) is 11. The number of rotatable bonds is 18. The molecule has 0 aliphatic rings. The van der Waals surface area contributed by atoms with Crippen LogP contribution < -0.4 is 14.6 Å². The zero-order valence-electron chi connectivity index (χ0n) is 23.1. The summed E-state index contributed by atoms with van der Waals surface area (Å²) in [6.07, 6.45) is 15.6. The van der Waals surface area contributed by atoms with Crippen molar-refractivity contribution in [1.82, 2.24) is 0 Å². The van der Waals surface area contributed by atoms with Gasteiger partial charge in [0, 0.05) is 18.1 Å². The molecule has 1 heterocycles. The van der Waals surface area contributed by atoms with Crippen LogP contribution in [0.3, 0.4) is 0 Å². The number of carbonyl (C=O) groups is 1. The minimum atomic E-state index is -0.170. The van der Waals surface area contributed by atoms with Crippen molar-refractivity contribution in [3.8, 4) is 5.75 Å². The van der Waals surface area contributed by atoms with Gasteiger partial charge in [0.15, 0.2) is 18.0 Å². The lowest BCUT2D eigenvalue weighted by Gasteiger charge is -2.14. The number of amides is 1. The Morgan fingerprint density at radius 3 is 2.24 bits per heavy atom. The molecule has 0 spiro atoms. The topological polar surface area (TPSA) is 42.2 Å². The first kappa shape index (κ1) is 30.2. The summed E-state index contributed by atoms with van der Waals surface area (Å²) >= 11 is 8.13. The molecule has 3 aromatic rings. The van der Waals surface area contributed by atoms with Crippen molar-refractivity contribution in [3.05, 3.63) is 75.2 Å². The van der Waals surface area contributed by atoms with Gasteiger partial charge in [-0.2, -0.15) is 4.57 Å². The lowest BCUT2D eigenvalue weighted by Crippen LogP contribution is -2.34. The SMILES string of the molecule is CCCCCCCCCCCCCCOc1c(Cl)cccc1NC(=O)c1cccc(C[n+]2cscc2C)c1. The molecule has 0 aliphatic heterocycles. The first-order chi connectivity index (χ1) is 18.6. The van der Waals surface area contributed by atoms with Crippen molar-refractivity contribution in [2.45, 2.75) is 97.4 Å². The Hall–Kier alpha value is -2.37. The number of nitrogens with zero attached hydrogens (tertiary/aromatic N) is 1. The highest BCUT2D eigenvalue weighted by Gasteiger charge is 2.15. The van der Waals surface area contributed by atoms with Crippen LogP contribution in [-0.4, -0.2) is 12.5 Å². The summed E-state index contributed by atoms with van der Waals surface area (Å²) in [7, 11) is 0. The predicted octanol–water partition coefficient (Wildman–Crippen LogP) is 9.38. The predicted molar refractivity (Wildman–Crippen MR) is 161 cm³/mol. The highest BCUT2D eigenvalue weighted by Crippen LogP contribution is 2.33. The van der Waals surface area contributed by atoms with Gasteiger partial charge in [-0.15, -0.1) is 0 Å². The third kappa shape index (κ3) is 10.4. The molecule has 6 heteroatoms. The molecule has 2 aromatic carbocycles. The van der Waals surface area contributed by atoms with Gasteiger partial charge >= 0.3 is 0 Å². The van der Waals surface area contributed by atoms with E-state index in [1.54, 1.807) is 17.4 Å².